The molecule has 0 atom stereocenters. The monoisotopic (exact) mass is 247 g/mol. The fourth-order valence-corrected chi connectivity index (χ4v) is 1.54. The zero-order valence-corrected chi connectivity index (χ0v) is 10.5. The molecule has 0 radical (unpaired) electrons. The van der Waals surface area contributed by atoms with Crippen LogP contribution in [0.5, 0.6) is 0 Å². The first kappa shape index (κ1) is 12.2. The SMILES string of the molecule is CN(C)C(=O)NCCNc1nc2ccccc2[nH]1. The normalized spacial score (nSPS) is 10.3. The second kappa shape index (κ2) is 5.39. The Labute approximate surface area is 105 Å². The third kappa shape index (κ3) is 2.91. The molecule has 2 amide bonds. The fraction of sp³-hybridized carbons (Fsp3) is 0.333. The third-order valence-electron chi connectivity index (χ3n) is 2.49. The maximum absolute atomic E-state index is 11.3. The van der Waals surface area contributed by atoms with E-state index in [4.69, 9.17) is 0 Å². The number of aromatic nitrogens is 2. The number of hydrogen-bond donors (Lipinski definition) is 3. The summed E-state index contributed by atoms with van der Waals surface area (Å²) in [6, 6.07) is 7.74. The molecule has 6 nitrogen and oxygen atoms in total. The molecule has 1 heterocycles. The number of carbonyl (C=O) groups is 1. The maximum Gasteiger partial charge on any atom is 0.316 e. The number of urea groups is 1. The summed E-state index contributed by atoms with van der Waals surface area (Å²) in [5.41, 5.74) is 1.93. The topological polar surface area (TPSA) is 73.1 Å². The molecule has 0 saturated carbocycles. The Kier molecular flexibility index (Phi) is 3.66. The van der Waals surface area contributed by atoms with Crippen LogP contribution >= 0.6 is 0 Å². The molecular weight excluding hydrogens is 230 g/mol. The van der Waals surface area contributed by atoms with Crippen molar-refractivity contribution in [1.29, 1.82) is 0 Å². The summed E-state index contributed by atoms with van der Waals surface area (Å²) in [7, 11) is 3.42. The lowest BCUT2D eigenvalue weighted by Gasteiger charge is -2.11. The average molecular weight is 247 g/mol. The minimum absolute atomic E-state index is 0.0959. The summed E-state index contributed by atoms with van der Waals surface area (Å²) in [4.78, 5) is 20.3. The molecular formula is C12H17N5O. The minimum atomic E-state index is -0.0959. The van der Waals surface area contributed by atoms with Gasteiger partial charge in [0.05, 0.1) is 11.0 Å². The van der Waals surface area contributed by atoms with Crippen LogP contribution in [0.2, 0.25) is 0 Å². The summed E-state index contributed by atoms with van der Waals surface area (Å²) in [5, 5.41) is 5.90. The van der Waals surface area contributed by atoms with Crippen LogP contribution in [0.1, 0.15) is 0 Å². The second-order valence-corrected chi connectivity index (χ2v) is 4.16. The molecule has 0 unspecified atom stereocenters. The van der Waals surface area contributed by atoms with Gasteiger partial charge in [-0.2, -0.15) is 0 Å². The fourth-order valence-electron chi connectivity index (χ4n) is 1.54. The summed E-state index contributed by atoms with van der Waals surface area (Å²) >= 11 is 0. The number of imidazole rings is 1. The maximum atomic E-state index is 11.3. The molecule has 1 aromatic carbocycles. The van der Waals surface area contributed by atoms with Gasteiger partial charge in [0.2, 0.25) is 5.95 Å². The number of benzene rings is 1. The number of nitrogens with zero attached hydrogens (tertiary/aromatic N) is 2. The smallest absolute Gasteiger partial charge is 0.316 e. The molecule has 0 aliphatic rings. The number of hydrogen-bond acceptors (Lipinski definition) is 3. The average Bonchev–Trinajstić information content (AvgIpc) is 2.76. The molecule has 0 spiro atoms. The molecule has 6 heteroatoms. The molecule has 2 rings (SSSR count). The van der Waals surface area contributed by atoms with Crippen LogP contribution in [0, 0.1) is 0 Å². The quantitative estimate of drug-likeness (QED) is 0.712. The predicted octanol–water partition coefficient (Wildman–Crippen LogP) is 1.25. The first-order chi connectivity index (χ1) is 8.66. The van der Waals surface area contributed by atoms with E-state index in [1.807, 2.05) is 24.3 Å². The van der Waals surface area contributed by atoms with E-state index in [0.717, 1.165) is 17.0 Å². The Morgan fingerprint density at radius 1 is 1.33 bits per heavy atom. The van der Waals surface area contributed by atoms with Crippen LogP contribution < -0.4 is 10.6 Å². The highest BCUT2D eigenvalue weighted by Gasteiger charge is 2.02. The van der Waals surface area contributed by atoms with Crippen molar-refractivity contribution in [2.75, 3.05) is 32.5 Å². The van der Waals surface area contributed by atoms with Crippen molar-refractivity contribution in [3.05, 3.63) is 24.3 Å². The molecule has 0 aliphatic heterocycles. The van der Waals surface area contributed by atoms with Crippen molar-refractivity contribution < 1.29 is 4.79 Å². The van der Waals surface area contributed by atoms with Crippen molar-refractivity contribution in [3.8, 4) is 0 Å². The van der Waals surface area contributed by atoms with Crippen molar-refractivity contribution in [2.45, 2.75) is 0 Å². The first-order valence-electron chi connectivity index (χ1n) is 5.80. The van der Waals surface area contributed by atoms with Crippen LogP contribution in [0.3, 0.4) is 0 Å². The van der Waals surface area contributed by atoms with E-state index in [1.54, 1.807) is 14.1 Å². The highest BCUT2D eigenvalue weighted by atomic mass is 16.2. The van der Waals surface area contributed by atoms with Gasteiger partial charge in [0.25, 0.3) is 0 Å². The number of para-hydroxylation sites is 2. The molecule has 2 aromatic rings. The number of aromatic amines is 1. The second-order valence-electron chi connectivity index (χ2n) is 4.16. The lowest BCUT2D eigenvalue weighted by Crippen LogP contribution is -2.37. The molecule has 0 fully saturated rings. The Hall–Kier alpha value is -2.24. The van der Waals surface area contributed by atoms with E-state index in [0.29, 0.717) is 13.1 Å². The lowest BCUT2D eigenvalue weighted by atomic mass is 10.3. The van der Waals surface area contributed by atoms with Gasteiger partial charge in [-0.15, -0.1) is 0 Å². The Morgan fingerprint density at radius 2 is 2.11 bits per heavy atom. The van der Waals surface area contributed by atoms with Gasteiger partial charge in [-0.1, -0.05) is 12.1 Å². The van der Waals surface area contributed by atoms with Crippen LogP contribution in [-0.4, -0.2) is 48.1 Å². The van der Waals surface area contributed by atoms with Crippen LogP contribution in [0.25, 0.3) is 11.0 Å². The van der Waals surface area contributed by atoms with Crippen molar-refractivity contribution in [2.24, 2.45) is 0 Å². The molecule has 96 valence electrons. The summed E-state index contributed by atoms with van der Waals surface area (Å²) in [5.74, 6) is 0.718. The van der Waals surface area contributed by atoms with Crippen molar-refractivity contribution >= 4 is 23.0 Å². The zero-order valence-electron chi connectivity index (χ0n) is 10.5. The number of carbonyl (C=O) groups excluding carboxylic acids is 1. The lowest BCUT2D eigenvalue weighted by molar-refractivity contribution is 0.218. The Balaban J connectivity index is 1.82. The number of anilines is 1. The number of amides is 2. The van der Waals surface area contributed by atoms with Gasteiger partial charge in [-0.3, -0.25) is 0 Å². The number of fused-ring (bicyclic) bond motifs is 1. The van der Waals surface area contributed by atoms with Gasteiger partial charge in [-0.05, 0) is 12.1 Å². The summed E-state index contributed by atoms with van der Waals surface area (Å²) in [6.07, 6.45) is 0. The van der Waals surface area contributed by atoms with E-state index in [-0.39, 0.29) is 6.03 Å². The zero-order chi connectivity index (χ0) is 13.0. The predicted molar refractivity (Wildman–Crippen MR) is 71.7 cm³/mol. The molecule has 0 bridgehead atoms. The van der Waals surface area contributed by atoms with Crippen LogP contribution in [-0.2, 0) is 0 Å². The Bertz CT molecular complexity index is 501. The third-order valence-corrected chi connectivity index (χ3v) is 2.49. The van der Waals surface area contributed by atoms with Gasteiger partial charge in [0.15, 0.2) is 0 Å². The minimum Gasteiger partial charge on any atom is -0.354 e. The number of nitrogens with one attached hydrogen (secondary N) is 3. The molecule has 0 aliphatic carbocycles. The van der Waals surface area contributed by atoms with Gasteiger partial charge in [0.1, 0.15) is 0 Å². The van der Waals surface area contributed by atoms with E-state index in [1.165, 1.54) is 4.90 Å². The van der Waals surface area contributed by atoms with Crippen molar-refractivity contribution in [3.63, 3.8) is 0 Å². The van der Waals surface area contributed by atoms with Crippen LogP contribution in [0.15, 0.2) is 24.3 Å². The number of H-pyrrole nitrogens is 1. The van der Waals surface area contributed by atoms with Gasteiger partial charge in [-0.25, -0.2) is 9.78 Å². The highest BCUT2D eigenvalue weighted by molar-refractivity contribution is 5.77. The summed E-state index contributed by atoms with van der Waals surface area (Å²) in [6.45, 7) is 1.17. The standard InChI is InChI=1S/C12H17N5O/c1-17(2)12(18)14-8-7-13-11-15-9-5-3-4-6-10(9)16-11/h3-6H,7-8H2,1-2H3,(H,14,18)(H2,13,15,16). The van der Waals surface area contributed by atoms with Gasteiger partial charge >= 0.3 is 6.03 Å². The van der Waals surface area contributed by atoms with E-state index < -0.39 is 0 Å². The van der Waals surface area contributed by atoms with E-state index in [9.17, 15) is 4.79 Å². The van der Waals surface area contributed by atoms with Crippen molar-refractivity contribution in [1.82, 2.24) is 20.2 Å². The van der Waals surface area contributed by atoms with Crippen LogP contribution in [0.4, 0.5) is 10.7 Å². The first-order valence-corrected chi connectivity index (χ1v) is 5.80. The van der Waals surface area contributed by atoms with E-state index >= 15 is 0 Å². The Morgan fingerprint density at radius 3 is 2.83 bits per heavy atom. The van der Waals surface area contributed by atoms with Gasteiger partial charge in [0, 0.05) is 27.2 Å². The molecule has 1 aromatic heterocycles. The summed E-state index contributed by atoms with van der Waals surface area (Å²) < 4.78 is 0. The molecule has 0 saturated heterocycles. The van der Waals surface area contributed by atoms with Gasteiger partial charge < -0.3 is 20.5 Å². The largest absolute Gasteiger partial charge is 0.354 e. The molecule has 18 heavy (non-hydrogen) atoms. The van der Waals surface area contributed by atoms with E-state index in [2.05, 4.69) is 20.6 Å². The highest BCUT2D eigenvalue weighted by Crippen LogP contribution is 2.12. The molecule has 3 N–H and O–H groups in total. The number of rotatable bonds is 4.